The van der Waals surface area contributed by atoms with Crippen molar-refractivity contribution >= 4 is 18.6 Å². The molecule has 74 valence electrons. The van der Waals surface area contributed by atoms with E-state index in [1.54, 1.807) is 0 Å². The predicted molar refractivity (Wildman–Crippen MR) is 50.8 cm³/mol. The van der Waals surface area contributed by atoms with E-state index in [4.69, 9.17) is 9.47 Å². The van der Waals surface area contributed by atoms with E-state index < -0.39 is 0 Å². The molecule has 0 N–H and O–H groups in total. The van der Waals surface area contributed by atoms with Crippen molar-refractivity contribution < 1.29 is 14.3 Å². The van der Waals surface area contributed by atoms with Crippen molar-refractivity contribution in [3.8, 4) is 0 Å². The minimum Gasteiger partial charge on any atom is -0.457 e. The molecule has 0 spiro atoms. The molecule has 2 fully saturated rings. The fourth-order valence-corrected chi connectivity index (χ4v) is 1.81. The maximum absolute atomic E-state index is 11.3. The molecule has 3 nitrogen and oxygen atoms in total. The standard InChI is InChI=1S/C9H14O3S/c10-8(12-7-4-11-5-7)3-9(6-13)1-2-9/h7,13H,1-6H2. The maximum Gasteiger partial charge on any atom is 0.306 e. The van der Waals surface area contributed by atoms with Gasteiger partial charge in [-0.2, -0.15) is 12.6 Å². The highest BCUT2D eigenvalue weighted by atomic mass is 32.1. The summed E-state index contributed by atoms with van der Waals surface area (Å²) in [5, 5.41) is 0. The number of rotatable bonds is 4. The molecule has 1 aliphatic heterocycles. The second kappa shape index (κ2) is 3.50. The lowest BCUT2D eigenvalue weighted by molar-refractivity contribution is -0.173. The van der Waals surface area contributed by atoms with Crippen LogP contribution < -0.4 is 0 Å². The Balaban J connectivity index is 1.71. The zero-order valence-corrected chi connectivity index (χ0v) is 8.39. The Labute approximate surface area is 83.2 Å². The van der Waals surface area contributed by atoms with Gasteiger partial charge < -0.3 is 9.47 Å². The summed E-state index contributed by atoms with van der Waals surface area (Å²) in [5.41, 5.74) is 0.171. The second-order valence-corrected chi connectivity index (χ2v) is 4.30. The van der Waals surface area contributed by atoms with Crippen LogP contribution in [0.15, 0.2) is 0 Å². The Morgan fingerprint density at radius 2 is 2.23 bits per heavy atom. The first-order chi connectivity index (χ1) is 6.24. The van der Waals surface area contributed by atoms with Crippen LogP contribution in [0.25, 0.3) is 0 Å². The SMILES string of the molecule is O=C(CC1(CS)CC1)OC1COC1. The number of thiol groups is 1. The number of ether oxygens (including phenoxy) is 2. The van der Waals surface area contributed by atoms with Crippen molar-refractivity contribution in [3.05, 3.63) is 0 Å². The van der Waals surface area contributed by atoms with Gasteiger partial charge in [-0.25, -0.2) is 0 Å². The summed E-state index contributed by atoms with van der Waals surface area (Å²) in [6.45, 7) is 1.14. The molecule has 0 aromatic rings. The molecule has 2 rings (SSSR count). The summed E-state index contributed by atoms with van der Waals surface area (Å²) >= 11 is 4.23. The van der Waals surface area contributed by atoms with Crippen molar-refractivity contribution in [1.29, 1.82) is 0 Å². The molecular formula is C9H14O3S. The topological polar surface area (TPSA) is 35.5 Å². The Morgan fingerprint density at radius 3 is 2.62 bits per heavy atom. The molecule has 0 atom stereocenters. The summed E-state index contributed by atoms with van der Waals surface area (Å²) in [4.78, 5) is 11.3. The largest absolute Gasteiger partial charge is 0.457 e. The predicted octanol–water partition coefficient (Wildman–Crippen LogP) is 1.03. The van der Waals surface area contributed by atoms with Gasteiger partial charge in [-0.15, -0.1) is 0 Å². The maximum atomic E-state index is 11.3. The molecule has 2 aliphatic rings. The Hall–Kier alpha value is -0.220. The van der Waals surface area contributed by atoms with Crippen LogP contribution in [0.5, 0.6) is 0 Å². The second-order valence-electron chi connectivity index (χ2n) is 3.98. The van der Waals surface area contributed by atoms with Crippen LogP contribution in [0.3, 0.4) is 0 Å². The molecule has 0 unspecified atom stereocenters. The summed E-state index contributed by atoms with van der Waals surface area (Å²) in [6.07, 6.45) is 2.79. The van der Waals surface area contributed by atoms with Gasteiger partial charge in [0.05, 0.1) is 19.6 Å². The molecule has 0 amide bonds. The molecule has 4 heteroatoms. The molecule has 0 bridgehead atoms. The van der Waals surface area contributed by atoms with Gasteiger partial charge in [0, 0.05) is 0 Å². The zero-order valence-electron chi connectivity index (χ0n) is 7.49. The summed E-state index contributed by atoms with van der Waals surface area (Å²) in [5.74, 6) is 0.711. The highest BCUT2D eigenvalue weighted by Gasteiger charge is 2.44. The highest BCUT2D eigenvalue weighted by Crippen LogP contribution is 2.49. The third-order valence-corrected chi connectivity index (χ3v) is 3.39. The Kier molecular flexibility index (Phi) is 2.51. The molecule has 1 saturated heterocycles. The van der Waals surface area contributed by atoms with Crippen molar-refractivity contribution in [3.63, 3.8) is 0 Å². The van der Waals surface area contributed by atoms with Crippen molar-refractivity contribution in [1.82, 2.24) is 0 Å². The normalized spacial score (nSPS) is 25.0. The summed E-state index contributed by atoms with van der Waals surface area (Å²) in [7, 11) is 0. The first kappa shape index (κ1) is 9.34. The molecule has 0 aromatic heterocycles. The minimum absolute atomic E-state index is 0.0169. The van der Waals surface area contributed by atoms with Crippen LogP contribution in [0, 0.1) is 5.41 Å². The van der Waals surface area contributed by atoms with Crippen molar-refractivity contribution in [2.75, 3.05) is 19.0 Å². The van der Waals surface area contributed by atoms with E-state index in [1.807, 2.05) is 0 Å². The summed E-state index contributed by atoms with van der Waals surface area (Å²) < 4.78 is 10.1. The molecule has 1 heterocycles. The van der Waals surface area contributed by atoms with Crippen LogP contribution in [0.1, 0.15) is 19.3 Å². The minimum atomic E-state index is -0.0835. The lowest BCUT2D eigenvalue weighted by atomic mass is 10.1. The molecule has 0 aromatic carbocycles. The average Bonchev–Trinajstić information content (AvgIpc) is 2.78. The van der Waals surface area contributed by atoms with Crippen LogP contribution >= 0.6 is 12.6 Å². The van der Waals surface area contributed by atoms with Gasteiger partial charge in [0.2, 0.25) is 0 Å². The summed E-state index contributed by atoms with van der Waals surface area (Å²) in [6, 6.07) is 0. The average molecular weight is 202 g/mol. The fraction of sp³-hybridized carbons (Fsp3) is 0.889. The first-order valence-corrected chi connectivity index (χ1v) is 5.25. The van der Waals surface area contributed by atoms with E-state index in [-0.39, 0.29) is 17.5 Å². The van der Waals surface area contributed by atoms with E-state index in [0.717, 1.165) is 18.6 Å². The van der Waals surface area contributed by atoms with Gasteiger partial charge in [0.15, 0.2) is 0 Å². The van der Waals surface area contributed by atoms with E-state index in [9.17, 15) is 4.79 Å². The molecule has 1 saturated carbocycles. The Morgan fingerprint density at radius 1 is 1.54 bits per heavy atom. The number of carbonyl (C=O) groups is 1. The Bertz CT molecular complexity index is 209. The van der Waals surface area contributed by atoms with Gasteiger partial charge in [-0.1, -0.05) is 0 Å². The van der Waals surface area contributed by atoms with Crippen LogP contribution in [-0.4, -0.2) is 31.0 Å². The fourth-order valence-electron chi connectivity index (χ4n) is 1.38. The van der Waals surface area contributed by atoms with E-state index >= 15 is 0 Å². The van der Waals surface area contributed by atoms with Gasteiger partial charge in [0.1, 0.15) is 6.10 Å². The van der Waals surface area contributed by atoms with Crippen molar-refractivity contribution in [2.24, 2.45) is 5.41 Å². The monoisotopic (exact) mass is 202 g/mol. The smallest absolute Gasteiger partial charge is 0.306 e. The van der Waals surface area contributed by atoms with Crippen LogP contribution in [-0.2, 0) is 14.3 Å². The number of hydrogen-bond acceptors (Lipinski definition) is 4. The van der Waals surface area contributed by atoms with Gasteiger partial charge in [-0.05, 0) is 24.0 Å². The molecule has 1 aliphatic carbocycles. The van der Waals surface area contributed by atoms with Gasteiger partial charge >= 0.3 is 5.97 Å². The molecule has 0 radical (unpaired) electrons. The number of hydrogen-bond donors (Lipinski definition) is 1. The highest BCUT2D eigenvalue weighted by molar-refractivity contribution is 7.80. The van der Waals surface area contributed by atoms with E-state index in [1.165, 1.54) is 0 Å². The zero-order chi connectivity index (χ0) is 9.31. The van der Waals surface area contributed by atoms with Gasteiger partial charge in [0.25, 0.3) is 0 Å². The lowest BCUT2D eigenvalue weighted by Gasteiger charge is -2.26. The van der Waals surface area contributed by atoms with Gasteiger partial charge in [-0.3, -0.25) is 4.79 Å². The van der Waals surface area contributed by atoms with Crippen LogP contribution in [0.4, 0.5) is 0 Å². The third kappa shape index (κ3) is 2.17. The van der Waals surface area contributed by atoms with Crippen molar-refractivity contribution in [2.45, 2.75) is 25.4 Å². The quantitative estimate of drug-likeness (QED) is 0.546. The van der Waals surface area contributed by atoms with E-state index in [2.05, 4.69) is 12.6 Å². The van der Waals surface area contributed by atoms with Crippen LogP contribution in [0.2, 0.25) is 0 Å². The third-order valence-electron chi connectivity index (χ3n) is 2.72. The number of esters is 1. The molecule has 13 heavy (non-hydrogen) atoms. The van der Waals surface area contributed by atoms with E-state index in [0.29, 0.717) is 19.6 Å². The molecular weight excluding hydrogens is 188 g/mol. The first-order valence-electron chi connectivity index (χ1n) is 4.62. The lowest BCUT2D eigenvalue weighted by Crippen LogP contribution is -2.38. The number of carbonyl (C=O) groups excluding carboxylic acids is 1.